The van der Waals surface area contributed by atoms with Crippen LogP contribution in [-0.2, 0) is 0 Å². The van der Waals surface area contributed by atoms with Crippen molar-refractivity contribution in [2.45, 2.75) is 12.1 Å². The Morgan fingerprint density at radius 1 is 1.42 bits per heavy atom. The lowest BCUT2D eigenvalue weighted by Gasteiger charge is -2.21. The van der Waals surface area contributed by atoms with Crippen molar-refractivity contribution < 1.29 is 10.2 Å². The van der Waals surface area contributed by atoms with E-state index in [2.05, 4.69) is 0 Å². The number of hydrogen-bond donors (Lipinski definition) is 4. The molecule has 6 heteroatoms. The standard InChI is InChI=1S/C6H10N2O2.2ClH/c7-4-3-6(8,10)2-1-5(4)9;;/h1,3,9-10H,2,7-8H2;2*1H. The molecular formula is C6H12Cl2N2O2. The summed E-state index contributed by atoms with van der Waals surface area (Å²) in [6.45, 7) is 0. The van der Waals surface area contributed by atoms with Gasteiger partial charge in [-0.1, -0.05) is 0 Å². The number of halogens is 2. The molecule has 1 unspecified atom stereocenters. The second-order valence-corrected chi connectivity index (χ2v) is 2.38. The van der Waals surface area contributed by atoms with E-state index in [1.54, 1.807) is 0 Å². The van der Waals surface area contributed by atoms with Crippen LogP contribution in [0.2, 0.25) is 0 Å². The van der Waals surface area contributed by atoms with Crippen LogP contribution in [0.25, 0.3) is 0 Å². The molecule has 0 fully saturated rings. The molecule has 0 heterocycles. The Kier molecular flexibility index (Phi) is 5.38. The second-order valence-electron chi connectivity index (χ2n) is 2.38. The summed E-state index contributed by atoms with van der Waals surface area (Å²) in [4.78, 5) is 0. The fraction of sp³-hybridized carbons (Fsp3) is 0.333. The van der Waals surface area contributed by atoms with Crippen molar-refractivity contribution in [3.8, 4) is 0 Å². The Morgan fingerprint density at radius 2 is 1.92 bits per heavy atom. The lowest BCUT2D eigenvalue weighted by molar-refractivity contribution is 0.0969. The average Bonchev–Trinajstić information content (AvgIpc) is 1.79. The average molecular weight is 215 g/mol. The van der Waals surface area contributed by atoms with E-state index in [0.717, 1.165) is 0 Å². The van der Waals surface area contributed by atoms with E-state index in [9.17, 15) is 0 Å². The summed E-state index contributed by atoms with van der Waals surface area (Å²) in [6.07, 6.45) is 2.80. The molecule has 1 aliphatic rings. The van der Waals surface area contributed by atoms with Crippen LogP contribution in [0.3, 0.4) is 0 Å². The molecule has 0 radical (unpaired) electrons. The van der Waals surface area contributed by atoms with Crippen molar-refractivity contribution in [2.24, 2.45) is 11.5 Å². The molecule has 0 bridgehead atoms. The Morgan fingerprint density at radius 3 is 2.25 bits per heavy atom. The van der Waals surface area contributed by atoms with Crippen LogP contribution in [0.1, 0.15) is 6.42 Å². The van der Waals surface area contributed by atoms with Gasteiger partial charge >= 0.3 is 0 Å². The molecule has 0 saturated carbocycles. The fourth-order valence-corrected chi connectivity index (χ4v) is 0.780. The number of aliphatic hydroxyl groups excluding tert-OH is 1. The molecule has 0 saturated heterocycles. The van der Waals surface area contributed by atoms with Crippen LogP contribution in [0.15, 0.2) is 23.6 Å². The zero-order valence-electron chi connectivity index (χ0n) is 6.23. The van der Waals surface area contributed by atoms with Gasteiger partial charge in [-0.2, -0.15) is 0 Å². The first-order chi connectivity index (χ1) is 4.51. The van der Waals surface area contributed by atoms with Gasteiger partial charge in [-0.05, 0) is 12.2 Å². The lowest BCUT2D eigenvalue weighted by Crippen LogP contribution is -2.39. The maximum Gasteiger partial charge on any atom is 0.138 e. The first-order valence-electron chi connectivity index (χ1n) is 2.90. The van der Waals surface area contributed by atoms with Crippen molar-refractivity contribution in [1.29, 1.82) is 0 Å². The van der Waals surface area contributed by atoms with Gasteiger partial charge in [0, 0.05) is 6.42 Å². The molecular weight excluding hydrogens is 203 g/mol. The molecule has 0 spiro atoms. The van der Waals surface area contributed by atoms with Crippen molar-refractivity contribution in [3.05, 3.63) is 23.6 Å². The Balaban J connectivity index is 0. The van der Waals surface area contributed by atoms with Crippen molar-refractivity contribution in [1.82, 2.24) is 0 Å². The fourth-order valence-electron chi connectivity index (χ4n) is 0.780. The van der Waals surface area contributed by atoms with E-state index in [4.69, 9.17) is 21.7 Å². The van der Waals surface area contributed by atoms with E-state index < -0.39 is 5.72 Å². The highest BCUT2D eigenvalue weighted by Crippen LogP contribution is 2.17. The van der Waals surface area contributed by atoms with E-state index in [0.29, 0.717) is 0 Å². The van der Waals surface area contributed by atoms with E-state index in [1.165, 1.54) is 12.2 Å². The molecule has 0 aromatic heterocycles. The minimum absolute atomic E-state index is 0. The topological polar surface area (TPSA) is 92.5 Å². The van der Waals surface area contributed by atoms with Crippen LogP contribution < -0.4 is 11.5 Å². The van der Waals surface area contributed by atoms with Gasteiger partial charge in [-0.25, -0.2) is 0 Å². The van der Waals surface area contributed by atoms with Crippen LogP contribution in [-0.4, -0.2) is 15.9 Å². The molecule has 0 aromatic carbocycles. The van der Waals surface area contributed by atoms with Gasteiger partial charge in [0.15, 0.2) is 0 Å². The molecule has 0 amide bonds. The number of rotatable bonds is 0. The largest absolute Gasteiger partial charge is 0.506 e. The van der Waals surface area contributed by atoms with Gasteiger partial charge in [-0.15, -0.1) is 24.8 Å². The van der Waals surface area contributed by atoms with Gasteiger partial charge in [0.25, 0.3) is 0 Å². The summed E-state index contributed by atoms with van der Waals surface area (Å²) < 4.78 is 0. The maximum atomic E-state index is 9.13. The highest BCUT2D eigenvalue weighted by atomic mass is 35.5. The van der Waals surface area contributed by atoms with E-state index in [-0.39, 0.29) is 42.7 Å². The summed E-state index contributed by atoms with van der Waals surface area (Å²) in [5.41, 5.74) is 9.26. The summed E-state index contributed by atoms with van der Waals surface area (Å²) in [7, 11) is 0. The number of hydrogen-bond acceptors (Lipinski definition) is 4. The summed E-state index contributed by atoms with van der Waals surface area (Å²) in [5.74, 6) is -0.0184. The summed E-state index contributed by atoms with van der Waals surface area (Å²) >= 11 is 0. The lowest BCUT2D eigenvalue weighted by atomic mass is 10.0. The quantitative estimate of drug-likeness (QED) is 0.433. The Hall–Kier alpha value is -0.420. The van der Waals surface area contributed by atoms with Gasteiger partial charge < -0.3 is 15.9 Å². The third kappa shape index (κ3) is 3.32. The van der Waals surface area contributed by atoms with Crippen LogP contribution in [0, 0.1) is 0 Å². The molecule has 1 rings (SSSR count). The molecule has 0 aliphatic heterocycles. The second kappa shape index (κ2) is 4.57. The van der Waals surface area contributed by atoms with Gasteiger partial charge in [0.05, 0.1) is 5.70 Å². The maximum absolute atomic E-state index is 9.13. The van der Waals surface area contributed by atoms with Crippen LogP contribution in [0.4, 0.5) is 0 Å². The van der Waals surface area contributed by atoms with Gasteiger partial charge in [0.1, 0.15) is 11.5 Å². The molecule has 72 valence electrons. The minimum Gasteiger partial charge on any atom is -0.506 e. The Bertz CT molecular complexity index is 214. The number of nitrogens with two attached hydrogens (primary N) is 2. The predicted molar refractivity (Wildman–Crippen MR) is 51.2 cm³/mol. The van der Waals surface area contributed by atoms with Gasteiger partial charge in [0.2, 0.25) is 0 Å². The van der Waals surface area contributed by atoms with Crippen LogP contribution >= 0.6 is 24.8 Å². The summed E-state index contributed by atoms with van der Waals surface area (Å²) in [6, 6.07) is 0. The highest BCUT2D eigenvalue weighted by Gasteiger charge is 2.21. The predicted octanol–water partition coefficient (Wildman–Crippen LogP) is 0.166. The molecule has 6 N–H and O–H groups in total. The third-order valence-electron chi connectivity index (χ3n) is 1.32. The van der Waals surface area contributed by atoms with Crippen molar-refractivity contribution in [2.75, 3.05) is 0 Å². The first-order valence-corrected chi connectivity index (χ1v) is 2.90. The molecule has 4 nitrogen and oxygen atoms in total. The van der Waals surface area contributed by atoms with Crippen molar-refractivity contribution in [3.63, 3.8) is 0 Å². The molecule has 12 heavy (non-hydrogen) atoms. The molecule has 1 atom stereocenters. The van der Waals surface area contributed by atoms with E-state index in [1.807, 2.05) is 0 Å². The smallest absolute Gasteiger partial charge is 0.138 e. The zero-order chi connectivity index (χ0) is 7.78. The molecule has 1 aliphatic carbocycles. The Labute approximate surface area is 82.8 Å². The number of aliphatic hydroxyl groups is 2. The van der Waals surface area contributed by atoms with Crippen LogP contribution in [0.5, 0.6) is 0 Å². The third-order valence-corrected chi connectivity index (χ3v) is 1.32. The zero-order valence-corrected chi connectivity index (χ0v) is 7.86. The minimum atomic E-state index is -1.39. The monoisotopic (exact) mass is 214 g/mol. The van der Waals surface area contributed by atoms with Crippen molar-refractivity contribution >= 4 is 24.8 Å². The normalized spacial score (nSPS) is 27.5. The molecule has 0 aromatic rings. The van der Waals surface area contributed by atoms with Gasteiger partial charge in [-0.3, -0.25) is 5.73 Å². The SMILES string of the molecule is Cl.Cl.NC1=CC(N)(O)CC=C1O. The first kappa shape index (κ1) is 14.1. The van der Waals surface area contributed by atoms with E-state index >= 15 is 0 Å². The highest BCUT2D eigenvalue weighted by molar-refractivity contribution is 5.85. The summed E-state index contributed by atoms with van der Waals surface area (Å²) in [5, 5.41) is 18.0.